The van der Waals surface area contributed by atoms with Crippen LogP contribution in [0.25, 0.3) is 40.9 Å². The van der Waals surface area contributed by atoms with E-state index in [-0.39, 0.29) is 34.1 Å². The van der Waals surface area contributed by atoms with Gasteiger partial charge in [0.05, 0.1) is 40.9 Å². The van der Waals surface area contributed by atoms with E-state index in [2.05, 4.69) is 19.9 Å². The maximum atomic E-state index is 9.50. The summed E-state index contributed by atoms with van der Waals surface area (Å²) < 4.78 is 4.61. The molecule has 0 amide bonds. The van der Waals surface area contributed by atoms with Crippen LogP contribution >= 0.6 is 45.3 Å². The first-order chi connectivity index (χ1) is 26.7. The number of hydrogen-bond acceptors (Lipinski definition) is 20. The zero-order chi connectivity index (χ0) is 41.0. The summed E-state index contributed by atoms with van der Waals surface area (Å²) in [7, 11) is 0. The number of nitrogen functional groups attached to an aromatic ring is 4. The Labute approximate surface area is 367 Å². The molecule has 4 aromatic heterocycles. The van der Waals surface area contributed by atoms with Crippen LogP contribution in [0.2, 0.25) is 0 Å². The quantitative estimate of drug-likeness (QED) is 0.173. The van der Waals surface area contributed by atoms with Crippen molar-refractivity contribution >= 4 is 131 Å². The molecular weight excluding hydrogens is 928 g/mol. The van der Waals surface area contributed by atoms with E-state index in [1.165, 1.54) is 45.3 Å². The van der Waals surface area contributed by atoms with Crippen molar-refractivity contribution in [2.45, 2.75) is 25.7 Å². The number of carboxylic acids is 4. The van der Waals surface area contributed by atoms with E-state index in [9.17, 15) is 39.6 Å². The van der Waals surface area contributed by atoms with Crippen LogP contribution in [-0.4, -0.2) is 43.8 Å². The summed E-state index contributed by atoms with van der Waals surface area (Å²) in [6.45, 7) is 0. The third-order valence-corrected chi connectivity index (χ3v) is 9.77. The second-order valence-electron chi connectivity index (χ2n) is 10.6. The molecule has 0 atom stereocenters. The molecule has 58 heavy (non-hydrogen) atoms. The monoisotopic (exact) mass is 958 g/mol. The van der Waals surface area contributed by atoms with Gasteiger partial charge in [-0.1, -0.05) is 93.9 Å². The Balaban J connectivity index is 0.000000347. The van der Waals surface area contributed by atoms with Crippen molar-refractivity contribution in [3.63, 3.8) is 0 Å². The number of thiazole rings is 4. The third kappa shape index (κ3) is 19.1. The van der Waals surface area contributed by atoms with Crippen LogP contribution in [0.3, 0.4) is 0 Å². The number of carboxylic acid groups (broad SMARTS) is 4. The number of benzene rings is 4. The van der Waals surface area contributed by atoms with Gasteiger partial charge in [-0.2, -0.15) is 0 Å². The first-order valence-corrected chi connectivity index (χ1v) is 19.2. The third-order valence-electron chi connectivity index (χ3n) is 6.31. The maximum absolute atomic E-state index is 9.50. The second-order valence-corrected chi connectivity index (χ2v) is 14.8. The summed E-state index contributed by atoms with van der Waals surface area (Å²) in [5, 5.41) is 40.6. The number of anilines is 4. The predicted octanol–water partition coefficient (Wildman–Crippen LogP) is 2.04. The van der Waals surface area contributed by atoms with Crippen molar-refractivity contribution in [1.29, 1.82) is 0 Å². The van der Waals surface area contributed by atoms with E-state index < -0.39 is 49.6 Å². The summed E-state index contributed by atoms with van der Waals surface area (Å²) in [5.41, 5.74) is 26.0. The molecule has 0 saturated heterocycles. The zero-order valence-corrected chi connectivity index (χ0v) is 34.8. The maximum Gasteiger partial charge on any atom is 2.00 e. The average Bonchev–Trinajstić information content (AvgIpc) is 3.93. The topological polar surface area (TPSA) is 316 Å². The minimum atomic E-state index is -1.37. The first kappa shape index (κ1) is 50.6. The van der Waals surface area contributed by atoms with E-state index in [1.54, 1.807) is 0 Å². The van der Waals surface area contributed by atoms with Crippen molar-refractivity contribution in [1.82, 2.24) is 19.9 Å². The van der Waals surface area contributed by atoms with Crippen LogP contribution in [0.5, 0.6) is 0 Å². The van der Waals surface area contributed by atoms with Gasteiger partial charge >= 0.3 is 34.1 Å². The van der Waals surface area contributed by atoms with Gasteiger partial charge in [-0.3, -0.25) is 0 Å². The molecule has 0 fully saturated rings. The average molecular weight is 960 g/mol. The molecule has 4 heterocycles. The van der Waals surface area contributed by atoms with E-state index in [0.717, 1.165) is 40.9 Å². The summed E-state index contributed by atoms with van der Waals surface area (Å²) in [4.78, 5) is 54.4. The molecule has 0 aliphatic rings. The fourth-order valence-corrected chi connectivity index (χ4v) is 6.91. The van der Waals surface area contributed by atoms with Gasteiger partial charge in [0.2, 0.25) is 0 Å². The number of nitrogens with two attached hydrogens (primary N) is 4. The standard InChI is InChI=1S/4C7H6N2S.2C4H6O4.2Cu/c4*8-7-9-5-3-1-2-4-6(5)10-7;2*5-3(6)1-2-4(7)8;;/h4*1-4H,(H2,8,9);2*1-2H2,(H,5,6)(H,7,8);;/q;;;;;;2*+2/p-4. The largest absolute Gasteiger partial charge is 2.00 e. The SMILES string of the molecule is Nc1nc2ccccc2s1.Nc1nc2ccccc2s1.Nc1nc2ccccc2s1.Nc1nc2ccccc2s1.O=C([O-])CCC(=O)[O-].O=C([O-])CCC(=O)[O-].[Cu+2].[Cu+2]. The van der Waals surface area contributed by atoms with Crippen LogP contribution in [0, 0.1) is 0 Å². The summed E-state index contributed by atoms with van der Waals surface area (Å²) in [6.07, 6.45) is -1.88. The molecule has 0 aliphatic carbocycles. The van der Waals surface area contributed by atoms with Crippen molar-refractivity contribution in [3.05, 3.63) is 97.1 Å². The van der Waals surface area contributed by atoms with E-state index in [1.807, 2.05) is 97.1 Å². The van der Waals surface area contributed by atoms with Gasteiger partial charge in [0, 0.05) is 23.9 Å². The molecule has 310 valence electrons. The molecule has 0 saturated carbocycles. The Morgan fingerprint density at radius 2 is 0.552 bits per heavy atom. The Kier molecular flexibility index (Phi) is 23.1. The van der Waals surface area contributed by atoms with Crippen molar-refractivity contribution in [2.24, 2.45) is 0 Å². The molecule has 0 aliphatic heterocycles. The second kappa shape index (κ2) is 26.5. The molecular formula is C36H32Cu2N8O8S4. The van der Waals surface area contributed by atoms with Crippen molar-refractivity contribution in [3.8, 4) is 0 Å². The number of nitrogens with zero attached hydrogens (tertiary/aromatic N) is 4. The molecule has 0 bridgehead atoms. The fourth-order valence-electron chi connectivity index (χ4n) is 3.97. The van der Waals surface area contributed by atoms with E-state index in [0.29, 0.717) is 20.5 Å². The zero-order valence-electron chi connectivity index (χ0n) is 29.7. The smallest absolute Gasteiger partial charge is 0.550 e. The molecule has 8 aromatic rings. The molecule has 0 spiro atoms. The summed E-state index contributed by atoms with van der Waals surface area (Å²) >= 11 is 6.08. The van der Waals surface area contributed by atoms with Crippen molar-refractivity contribution < 1.29 is 73.7 Å². The number of para-hydroxylation sites is 4. The van der Waals surface area contributed by atoms with Gasteiger partial charge in [0.25, 0.3) is 0 Å². The van der Waals surface area contributed by atoms with Gasteiger partial charge < -0.3 is 62.5 Å². The van der Waals surface area contributed by atoms with E-state index in [4.69, 9.17) is 22.9 Å². The Morgan fingerprint density at radius 1 is 0.379 bits per heavy atom. The molecule has 4 aromatic carbocycles. The van der Waals surface area contributed by atoms with Crippen LogP contribution in [0.1, 0.15) is 25.7 Å². The number of aliphatic carboxylic acids is 4. The first-order valence-electron chi connectivity index (χ1n) is 15.9. The molecule has 8 N–H and O–H groups in total. The number of carbonyl (C=O) groups is 4. The number of carbonyl (C=O) groups excluding carboxylic acids is 4. The normalized spacial score (nSPS) is 9.52. The van der Waals surface area contributed by atoms with Crippen LogP contribution in [0.4, 0.5) is 20.5 Å². The van der Waals surface area contributed by atoms with Gasteiger partial charge in [-0.05, 0) is 74.2 Å². The Bertz CT molecular complexity index is 2040. The molecule has 2 radical (unpaired) electrons. The van der Waals surface area contributed by atoms with E-state index >= 15 is 0 Å². The molecule has 16 nitrogen and oxygen atoms in total. The predicted molar refractivity (Wildman–Crippen MR) is 215 cm³/mol. The number of fused-ring (bicyclic) bond motifs is 4. The molecule has 22 heteroatoms. The minimum absolute atomic E-state index is 0. The van der Waals surface area contributed by atoms with Crippen LogP contribution < -0.4 is 43.4 Å². The van der Waals surface area contributed by atoms with Crippen LogP contribution in [-0.2, 0) is 53.3 Å². The van der Waals surface area contributed by atoms with Gasteiger partial charge in [0.1, 0.15) is 0 Å². The summed E-state index contributed by atoms with van der Waals surface area (Å²) in [5.74, 6) is -5.47. The van der Waals surface area contributed by atoms with Crippen LogP contribution in [0.15, 0.2) is 97.1 Å². The number of rotatable bonds is 6. The minimum Gasteiger partial charge on any atom is -0.550 e. The Hall–Kier alpha value is -5.44. The fraction of sp³-hybridized carbons (Fsp3) is 0.111. The summed E-state index contributed by atoms with van der Waals surface area (Å²) in [6, 6.07) is 31.7. The van der Waals surface area contributed by atoms with Gasteiger partial charge in [-0.15, -0.1) is 0 Å². The Morgan fingerprint density at radius 3 is 0.707 bits per heavy atom. The molecule has 8 rings (SSSR count). The van der Waals surface area contributed by atoms with Crippen molar-refractivity contribution in [2.75, 3.05) is 22.9 Å². The number of hydrogen-bond donors (Lipinski definition) is 4. The van der Waals surface area contributed by atoms with Gasteiger partial charge in [-0.25, -0.2) is 19.9 Å². The van der Waals surface area contributed by atoms with Gasteiger partial charge in [0.15, 0.2) is 20.5 Å². The molecule has 0 unspecified atom stereocenters. The number of aromatic nitrogens is 4.